The van der Waals surface area contributed by atoms with Crippen LogP contribution in [0.1, 0.15) is 18.3 Å². The van der Waals surface area contributed by atoms with E-state index < -0.39 is 15.7 Å². The lowest BCUT2D eigenvalue weighted by molar-refractivity contribution is 0.587. The zero-order valence-electron chi connectivity index (χ0n) is 11.3. The van der Waals surface area contributed by atoms with Crippen molar-refractivity contribution >= 4 is 15.5 Å². The Morgan fingerprint density at radius 2 is 2.05 bits per heavy atom. The molecule has 0 radical (unpaired) electrons. The summed E-state index contributed by atoms with van der Waals surface area (Å²) in [6.07, 6.45) is 0.718. The van der Waals surface area contributed by atoms with Gasteiger partial charge in [-0.15, -0.1) is 0 Å². The molecule has 108 valence electrons. The van der Waals surface area contributed by atoms with Gasteiger partial charge in [0.05, 0.1) is 27.7 Å². The maximum atomic E-state index is 13.2. The minimum absolute atomic E-state index is 0.0456. The molecule has 0 aliphatic heterocycles. The lowest BCUT2D eigenvalue weighted by Crippen LogP contribution is -2.11. The van der Waals surface area contributed by atoms with Crippen molar-refractivity contribution in [2.45, 2.75) is 24.0 Å². The van der Waals surface area contributed by atoms with Crippen LogP contribution in [0.2, 0.25) is 0 Å². The van der Waals surface area contributed by atoms with Crippen LogP contribution in [0.25, 0.3) is 0 Å². The Labute approximate surface area is 117 Å². The zero-order chi connectivity index (χ0) is 14.9. The van der Waals surface area contributed by atoms with Crippen LogP contribution in [0.15, 0.2) is 29.2 Å². The van der Waals surface area contributed by atoms with Gasteiger partial charge in [-0.25, -0.2) is 12.8 Å². The molecule has 5 nitrogen and oxygen atoms in total. The summed E-state index contributed by atoms with van der Waals surface area (Å²) in [5, 5.41) is 4.19. The molecule has 0 spiro atoms. The minimum Gasteiger partial charge on any atom is -0.398 e. The van der Waals surface area contributed by atoms with Crippen LogP contribution < -0.4 is 5.73 Å². The first kappa shape index (κ1) is 14.5. The molecular formula is C13H16FN3O2S. The second-order valence-electron chi connectivity index (χ2n) is 4.55. The monoisotopic (exact) mass is 297 g/mol. The number of benzene rings is 1. The van der Waals surface area contributed by atoms with Crippen molar-refractivity contribution in [1.82, 2.24) is 9.78 Å². The molecule has 0 saturated heterocycles. The smallest absolute Gasteiger partial charge is 0.186 e. The van der Waals surface area contributed by atoms with E-state index in [1.807, 2.05) is 6.92 Å². The highest BCUT2D eigenvalue weighted by Crippen LogP contribution is 2.23. The van der Waals surface area contributed by atoms with Gasteiger partial charge in [-0.05, 0) is 30.7 Å². The lowest BCUT2D eigenvalue weighted by Gasteiger charge is -2.07. The maximum absolute atomic E-state index is 13.2. The van der Waals surface area contributed by atoms with E-state index in [-0.39, 0.29) is 16.3 Å². The Hall–Kier alpha value is -1.89. The first-order valence-electron chi connectivity index (χ1n) is 6.13. The summed E-state index contributed by atoms with van der Waals surface area (Å²) in [6.45, 7) is 1.94. The normalized spacial score (nSPS) is 11.8. The molecule has 0 saturated carbocycles. The van der Waals surface area contributed by atoms with Crippen molar-refractivity contribution in [3.63, 3.8) is 0 Å². The van der Waals surface area contributed by atoms with Gasteiger partial charge in [-0.1, -0.05) is 6.92 Å². The Balaban J connectivity index is 2.40. The standard InChI is InChI=1S/C13H16FN3O2S/c1-3-10-7-11(17(2)16-10)8-20(18,19)13-6-9(14)4-5-12(13)15/h4-7H,3,8,15H2,1-2H3. The van der Waals surface area contributed by atoms with Crippen molar-refractivity contribution in [3.8, 4) is 0 Å². The third-order valence-electron chi connectivity index (χ3n) is 3.04. The molecular weight excluding hydrogens is 281 g/mol. The van der Waals surface area contributed by atoms with Crippen molar-refractivity contribution < 1.29 is 12.8 Å². The van der Waals surface area contributed by atoms with E-state index in [4.69, 9.17) is 5.73 Å². The van der Waals surface area contributed by atoms with Gasteiger partial charge in [0.2, 0.25) is 0 Å². The number of anilines is 1. The van der Waals surface area contributed by atoms with Crippen molar-refractivity contribution in [3.05, 3.63) is 41.5 Å². The predicted molar refractivity (Wildman–Crippen MR) is 74.3 cm³/mol. The molecule has 0 bridgehead atoms. The highest BCUT2D eigenvalue weighted by Gasteiger charge is 2.21. The molecule has 0 unspecified atom stereocenters. The lowest BCUT2D eigenvalue weighted by atomic mass is 10.3. The van der Waals surface area contributed by atoms with Crippen LogP contribution in [-0.2, 0) is 29.1 Å². The maximum Gasteiger partial charge on any atom is 0.186 e. The molecule has 1 aromatic heterocycles. The molecule has 7 heteroatoms. The number of rotatable bonds is 4. The highest BCUT2D eigenvalue weighted by molar-refractivity contribution is 7.90. The fourth-order valence-electron chi connectivity index (χ4n) is 1.93. The first-order chi connectivity index (χ1) is 9.33. The summed E-state index contributed by atoms with van der Waals surface area (Å²) < 4.78 is 39.4. The van der Waals surface area contributed by atoms with Crippen LogP contribution in [0.5, 0.6) is 0 Å². The fourth-order valence-corrected chi connectivity index (χ4v) is 3.46. The first-order valence-corrected chi connectivity index (χ1v) is 7.78. The van der Waals surface area contributed by atoms with E-state index in [0.717, 1.165) is 24.2 Å². The summed E-state index contributed by atoms with van der Waals surface area (Å²) in [6, 6.07) is 5.06. The topological polar surface area (TPSA) is 78.0 Å². The molecule has 0 aliphatic rings. The summed E-state index contributed by atoms with van der Waals surface area (Å²) in [7, 11) is -2.03. The van der Waals surface area contributed by atoms with E-state index in [2.05, 4.69) is 5.10 Å². The zero-order valence-corrected chi connectivity index (χ0v) is 12.1. The summed E-state index contributed by atoms with van der Waals surface area (Å²) >= 11 is 0. The van der Waals surface area contributed by atoms with Crippen LogP contribution in [0.3, 0.4) is 0 Å². The van der Waals surface area contributed by atoms with Crippen LogP contribution >= 0.6 is 0 Å². The Morgan fingerprint density at radius 3 is 2.65 bits per heavy atom. The molecule has 2 rings (SSSR count). The van der Waals surface area contributed by atoms with Gasteiger partial charge >= 0.3 is 0 Å². The van der Waals surface area contributed by atoms with Crippen molar-refractivity contribution in [2.24, 2.45) is 7.05 Å². The van der Waals surface area contributed by atoms with Crippen molar-refractivity contribution in [2.75, 3.05) is 5.73 Å². The third-order valence-corrected chi connectivity index (χ3v) is 4.74. The van der Waals surface area contributed by atoms with Gasteiger partial charge in [0.1, 0.15) is 5.82 Å². The number of halogens is 1. The van der Waals surface area contributed by atoms with Crippen molar-refractivity contribution in [1.29, 1.82) is 0 Å². The van der Waals surface area contributed by atoms with Gasteiger partial charge in [-0.3, -0.25) is 4.68 Å². The number of hydrogen-bond donors (Lipinski definition) is 1. The van der Waals surface area contributed by atoms with E-state index >= 15 is 0 Å². The molecule has 20 heavy (non-hydrogen) atoms. The van der Waals surface area contributed by atoms with E-state index in [9.17, 15) is 12.8 Å². The van der Waals surface area contributed by atoms with Gasteiger partial charge in [0, 0.05) is 7.05 Å². The van der Waals surface area contributed by atoms with E-state index in [1.165, 1.54) is 10.7 Å². The number of aromatic nitrogens is 2. The number of nitrogen functional groups attached to an aromatic ring is 1. The second kappa shape index (κ2) is 5.24. The third kappa shape index (κ3) is 2.82. The molecule has 0 atom stereocenters. The number of sulfone groups is 1. The number of hydrogen-bond acceptors (Lipinski definition) is 4. The van der Waals surface area contributed by atoms with Gasteiger partial charge in [-0.2, -0.15) is 5.10 Å². The summed E-state index contributed by atoms with van der Waals surface area (Å²) in [5.41, 5.74) is 7.03. The second-order valence-corrected chi connectivity index (χ2v) is 6.50. The molecule has 1 heterocycles. The largest absolute Gasteiger partial charge is 0.398 e. The van der Waals surface area contributed by atoms with Gasteiger partial charge in [0.15, 0.2) is 9.84 Å². The van der Waals surface area contributed by atoms with E-state index in [0.29, 0.717) is 5.69 Å². The fraction of sp³-hybridized carbons (Fsp3) is 0.308. The average Bonchev–Trinajstić information content (AvgIpc) is 2.72. The summed E-state index contributed by atoms with van der Waals surface area (Å²) in [5.74, 6) is -0.888. The van der Waals surface area contributed by atoms with Gasteiger partial charge in [0.25, 0.3) is 0 Å². The SMILES string of the molecule is CCc1cc(CS(=O)(=O)c2cc(F)ccc2N)n(C)n1. The molecule has 2 aromatic rings. The summed E-state index contributed by atoms with van der Waals surface area (Å²) in [4.78, 5) is -0.184. The number of nitrogens with zero attached hydrogens (tertiary/aromatic N) is 2. The average molecular weight is 297 g/mol. The highest BCUT2D eigenvalue weighted by atomic mass is 32.2. The predicted octanol–water partition coefficient (Wildman–Crippen LogP) is 1.68. The molecule has 0 aliphatic carbocycles. The van der Waals surface area contributed by atoms with Crippen LogP contribution in [0, 0.1) is 5.82 Å². The minimum atomic E-state index is -3.71. The van der Waals surface area contributed by atoms with E-state index in [1.54, 1.807) is 13.1 Å². The molecule has 2 N–H and O–H groups in total. The Morgan fingerprint density at radius 1 is 1.35 bits per heavy atom. The molecule has 0 amide bonds. The molecule has 0 fully saturated rings. The molecule has 1 aromatic carbocycles. The van der Waals surface area contributed by atoms with Crippen LogP contribution in [0.4, 0.5) is 10.1 Å². The number of aryl methyl sites for hydroxylation is 2. The Kier molecular flexibility index (Phi) is 3.80. The quantitative estimate of drug-likeness (QED) is 0.871. The number of nitrogens with two attached hydrogens (primary N) is 1. The van der Waals surface area contributed by atoms with Gasteiger partial charge < -0.3 is 5.73 Å². The Bertz CT molecular complexity index is 738. The van der Waals surface area contributed by atoms with Crippen LogP contribution in [-0.4, -0.2) is 18.2 Å².